The van der Waals surface area contributed by atoms with E-state index in [9.17, 15) is 0 Å². The highest BCUT2D eigenvalue weighted by atomic mass is 79.9. The molecular weight excluding hydrogens is 314 g/mol. The van der Waals surface area contributed by atoms with Gasteiger partial charge in [0, 0.05) is 12.1 Å². The van der Waals surface area contributed by atoms with Crippen LogP contribution in [0.25, 0.3) is 0 Å². The van der Waals surface area contributed by atoms with Crippen molar-refractivity contribution in [3.8, 4) is 5.75 Å². The zero-order chi connectivity index (χ0) is 14.6. The highest BCUT2D eigenvalue weighted by Gasteiger charge is 2.06. The molecule has 0 unspecified atom stereocenters. The second-order valence-corrected chi connectivity index (χ2v) is 6.11. The Morgan fingerprint density at radius 2 is 1.65 bits per heavy atom. The van der Waals surface area contributed by atoms with Crippen molar-refractivity contribution in [2.75, 3.05) is 6.61 Å². The molecule has 2 nitrogen and oxygen atoms in total. The molecule has 114 valence electrons. The first kappa shape index (κ1) is 17.5. The van der Waals surface area contributed by atoms with Crippen LogP contribution in [0.5, 0.6) is 5.75 Å². The van der Waals surface area contributed by atoms with Crippen molar-refractivity contribution in [3.05, 3.63) is 28.2 Å². The molecule has 1 aromatic rings. The van der Waals surface area contributed by atoms with E-state index in [2.05, 4.69) is 22.9 Å². The summed E-state index contributed by atoms with van der Waals surface area (Å²) < 4.78 is 6.88. The Morgan fingerprint density at radius 1 is 1.00 bits per heavy atom. The lowest BCUT2D eigenvalue weighted by atomic mass is 10.1. The van der Waals surface area contributed by atoms with Gasteiger partial charge in [0.25, 0.3) is 0 Å². The van der Waals surface area contributed by atoms with Crippen LogP contribution in [-0.4, -0.2) is 6.61 Å². The van der Waals surface area contributed by atoms with Crippen molar-refractivity contribution in [1.82, 2.24) is 0 Å². The van der Waals surface area contributed by atoms with E-state index in [4.69, 9.17) is 10.5 Å². The van der Waals surface area contributed by atoms with Crippen LogP contribution < -0.4 is 10.5 Å². The maximum absolute atomic E-state index is 5.88. The van der Waals surface area contributed by atoms with Crippen LogP contribution in [0.2, 0.25) is 0 Å². The summed E-state index contributed by atoms with van der Waals surface area (Å²) in [5.41, 5.74) is 6.80. The second kappa shape index (κ2) is 11.2. The van der Waals surface area contributed by atoms with Crippen LogP contribution in [0.4, 0.5) is 0 Å². The minimum Gasteiger partial charge on any atom is -0.492 e. The van der Waals surface area contributed by atoms with Crippen LogP contribution >= 0.6 is 15.9 Å². The van der Waals surface area contributed by atoms with Crippen molar-refractivity contribution >= 4 is 15.9 Å². The zero-order valence-corrected chi connectivity index (χ0v) is 14.3. The van der Waals surface area contributed by atoms with E-state index in [1.54, 1.807) is 0 Å². The topological polar surface area (TPSA) is 35.2 Å². The first-order valence-electron chi connectivity index (χ1n) is 7.89. The van der Waals surface area contributed by atoms with Gasteiger partial charge >= 0.3 is 0 Å². The molecule has 0 amide bonds. The first-order chi connectivity index (χ1) is 9.79. The van der Waals surface area contributed by atoms with E-state index >= 15 is 0 Å². The molecule has 0 aliphatic rings. The maximum atomic E-state index is 5.88. The fourth-order valence-electron chi connectivity index (χ4n) is 2.29. The van der Waals surface area contributed by atoms with Gasteiger partial charge in [-0.2, -0.15) is 0 Å². The Balaban J connectivity index is 2.12. The summed E-state index contributed by atoms with van der Waals surface area (Å²) in [4.78, 5) is 0. The van der Waals surface area contributed by atoms with Gasteiger partial charge in [0.05, 0.1) is 11.1 Å². The van der Waals surface area contributed by atoms with E-state index in [0.29, 0.717) is 6.54 Å². The lowest BCUT2D eigenvalue weighted by Crippen LogP contribution is -2.04. The van der Waals surface area contributed by atoms with E-state index in [-0.39, 0.29) is 0 Å². The molecule has 0 heterocycles. The molecule has 0 spiro atoms. The monoisotopic (exact) mass is 341 g/mol. The highest BCUT2D eigenvalue weighted by molar-refractivity contribution is 9.10. The third-order valence-corrected chi connectivity index (χ3v) is 4.14. The summed E-state index contributed by atoms with van der Waals surface area (Å²) in [6.45, 7) is 3.56. The van der Waals surface area contributed by atoms with Crippen LogP contribution in [0.15, 0.2) is 22.7 Å². The van der Waals surface area contributed by atoms with Gasteiger partial charge in [-0.3, -0.25) is 0 Å². The van der Waals surface area contributed by atoms with Crippen molar-refractivity contribution in [2.24, 2.45) is 5.73 Å². The molecule has 2 N–H and O–H groups in total. The van der Waals surface area contributed by atoms with Gasteiger partial charge in [-0.1, -0.05) is 64.0 Å². The van der Waals surface area contributed by atoms with E-state index in [1.807, 2.05) is 18.2 Å². The molecule has 1 aromatic carbocycles. The molecule has 0 radical (unpaired) electrons. The SMILES string of the molecule is CCCCCCCCCCOc1c(Br)cccc1CN. The van der Waals surface area contributed by atoms with E-state index < -0.39 is 0 Å². The average Bonchev–Trinajstić information content (AvgIpc) is 2.46. The standard InChI is InChI=1S/C17H28BrNO/c1-2-3-4-5-6-7-8-9-13-20-17-15(14-19)11-10-12-16(17)18/h10-12H,2-9,13-14,19H2,1H3. The zero-order valence-electron chi connectivity index (χ0n) is 12.7. The lowest BCUT2D eigenvalue weighted by molar-refractivity contribution is 0.299. The molecule has 0 fully saturated rings. The molecule has 0 saturated heterocycles. The van der Waals surface area contributed by atoms with Gasteiger partial charge in [0.2, 0.25) is 0 Å². The molecule has 0 bridgehead atoms. The Morgan fingerprint density at radius 3 is 2.30 bits per heavy atom. The number of benzene rings is 1. The Labute approximate surface area is 132 Å². The fourth-order valence-corrected chi connectivity index (χ4v) is 2.81. The third-order valence-electron chi connectivity index (χ3n) is 3.51. The number of halogens is 1. The molecule has 0 saturated carbocycles. The number of rotatable bonds is 11. The number of ether oxygens (including phenoxy) is 1. The van der Waals surface area contributed by atoms with Crippen molar-refractivity contribution in [3.63, 3.8) is 0 Å². The van der Waals surface area contributed by atoms with Crippen LogP contribution in [-0.2, 0) is 6.54 Å². The largest absolute Gasteiger partial charge is 0.492 e. The van der Waals surface area contributed by atoms with Crippen LogP contribution in [0.3, 0.4) is 0 Å². The minimum atomic E-state index is 0.520. The average molecular weight is 342 g/mol. The molecule has 0 aromatic heterocycles. The summed E-state index contributed by atoms with van der Waals surface area (Å²) in [6, 6.07) is 6.02. The molecule has 0 aliphatic heterocycles. The van der Waals surface area contributed by atoms with Gasteiger partial charge in [-0.25, -0.2) is 0 Å². The third kappa shape index (κ3) is 6.76. The van der Waals surface area contributed by atoms with Gasteiger partial charge in [-0.05, 0) is 28.4 Å². The lowest BCUT2D eigenvalue weighted by Gasteiger charge is -2.12. The molecule has 0 aliphatic carbocycles. The van der Waals surface area contributed by atoms with Gasteiger partial charge in [0.15, 0.2) is 0 Å². The van der Waals surface area contributed by atoms with Crippen LogP contribution in [0, 0.1) is 0 Å². The molecule has 3 heteroatoms. The van der Waals surface area contributed by atoms with Crippen LogP contribution in [0.1, 0.15) is 63.9 Å². The highest BCUT2D eigenvalue weighted by Crippen LogP contribution is 2.29. The number of unbranched alkanes of at least 4 members (excludes halogenated alkanes) is 7. The summed E-state index contributed by atoms with van der Waals surface area (Å²) in [7, 11) is 0. The first-order valence-corrected chi connectivity index (χ1v) is 8.69. The van der Waals surface area contributed by atoms with Crippen molar-refractivity contribution in [1.29, 1.82) is 0 Å². The van der Waals surface area contributed by atoms with Crippen molar-refractivity contribution < 1.29 is 4.74 Å². The summed E-state index contributed by atoms with van der Waals surface area (Å²) in [5, 5.41) is 0. The Hall–Kier alpha value is -0.540. The molecule has 1 rings (SSSR count). The van der Waals surface area contributed by atoms with Crippen molar-refractivity contribution in [2.45, 2.75) is 64.8 Å². The molecular formula is C17H28BrNO. The predicted molar refractivity (Wildman–Crippen MR) is 90.1 cm³/mol. The molecule has 20 heavy (non-hydrogen) atoms. The van der Waals surface area contributed by atoms with Gasteiger partial charge in [0.1, 0.15) is 5.75 Å². The van der Waals surface area contributed by atoms with E-state index in [0.717, 1.165) is 28.8 Å². The Bertz CT molecular complexity index is 368. The number of nitrogens with two attached hydrogens (primary N) is 1. The second-order valence-electron chi connectivity index (χ2n) is 5.26. The quantitative estimate of drug-likeness (QED) is 0.545. The van der Waals surface area contributed by atoms with E-state index in [1.165, 1.54) is 44.9 Å². The number of hydrogen-bond donors (Lipinski definition) is 1. The summed E-state index contributed by atoms with van der Waals surface area (Å²) >= 11 is 3.53. The fraction of sp³-hybridized carbons (Fsp3) is 0.647. The minimum absolute atomic E-state index is 0.520. The molecule has 0 atom stereocenters. The predicted octanol–water partition coefficient (Wildman–Crippen LogP) is 5.43. The summed E-state index contributed by atoms with van der Waals surface area (Å²) in [6.07, 6.45) is 10.6. The normalized spacial score (nSPS) is 10.8. The smallest absolute Gasteiger partial charge is 0.137 e. The number of hydrogen-bond acceptors (Lipinski definition) is 2. The number of para-hydroxylation sites is 1. The summed E-state index contributed by atoms with van der Waals surface area (Å²) in [5.74, 6) is 0.915. The van der Waals surface area contributed by atoms with Gasteiger partial charge in [-0.15, -0.1) is 0 Å². The van der Waals surface area contributed by atoms with Gasteiger partial charge < -0.3 is 10.5 Å². The maximum Gasteiger partial charge on any atom is 0.137 e. The Kier molecular flexibility index (Phi) is 9.77.